The minimum absolute atomic E-state index is 0. The first-order valence-electron chi connectivity index (χ1n) is 7.43. The molecule has 0 radical (unpaired) electrons. The number of thiophene rings is 1. The van der Waals surface area contributed by atoms with Gasteiger partial charge in [-0.3, -0.25) is 5.41 Å². The summed E-state index contributed by atoms with van der Waals surface area (Å²) in [4.78, 5) is 12.8. The highest BCUT2D eigenvalue weighted by Gasteiger charge is 2.05. The first kappa shape index (κ1) is 22.8. The molecule has 0 atom stereocenters. The fourth-order valence-electron chi connectivity index (χ4n) is 2.09. The predicted octanol–water partition coefficient (Wildman–Crippen LogP) is 6.33. The zero-order valence-electron chi connectivity index (χ0n) is 13.9. The van der Waals surface area contributed by atoms with Gasteiger partial charge in [0.2, 0.25) is 0 Å². The van der Waals surface area contributed by atoms with Crippen LogP contribution in [-0.2, 0) is 0 Å². The number of anilines is 3. The van der Waals surface area contributed by atoms with Crippen molar-refractivity contribution in [3.8, 4) is 0 Å². The topological polar surface area (TPSA) is 77.0 Å². The highest BCUT2D eigenvalue weighted by molar-refractivity contribution is 7.12. The van der Waals surface area contributed by atoms with Crippen LogP contribution in [0.25, 0.3) is 0 Å². The average Bonchev–Trinajstić information content (AvgIpc) is 3.13. The summed E-state index contributed by atoms with van der Waals surface area (Å²) in [6.07, 6.45) is 0. The molecule has 0 aliphatic carbocycles. The molecular formula is C18H17Cl3N4OS. The second-order valence-corrected chi connectivity index (χ2v) is 6.52. The van der Waals surface area contributed by atoms with E-state index in [1.165, 1.54) is 11.3 Å². The van der Waals surface area contributed by atoms with Crippen molar-refractivity contribution in [2.75, 3.05) is 16.0 Å². The van der Waals surface area contributed by atoms with Gasteiger partial charge >= 0.3 is 6.03 Å². The average molecular weight is 444 g/mol. The van der Waals surface area contributed by atoms with E-state index in [9.17, 15) is 4.79 Å². The summed E-state index contributed by atoms with van der Waals surface area (Å²) in [5, 5.41) is 19.0. The monoisotopic (exact) mass is 442 g/mol. The maximum absolute atomic E-state index is 12.0. The summed E-state index contributed by atoms with van der Waals surface area (Å²) in [5.74, 6) is 0.344. The van der Waals surface area contributed by atoms with Crippen LogP contribution in [0.3, 0.4) is 0 Å². The van der Waals surface area contributed by atoms with Crippen molar-refractivity contribution in [3.63, 3.8) is 0 Å². The van der Waals surface area contributed by atoms with E-state index in [2.05, 4.69) is 16.0 Å². The number of hydrogen-bond donors (Lipinski definition) is 4. The SMILES string of the molecule is Cl.Cl.N=C(Nc1ccc(NC(=O)Nc2ccc(Cl)cc2)cc1)c1cccs1. The van der Waals surface area contributed by atoms with Crippen LogP contribution in [0.2, 0.25) is 5.02 Å². The zero-order valence-corrected chi connectivity index (χ0v) is 17.1. The molecule has 0 spiro atoms. The molecule has 0 aliphatic heterocycles. The van der Waals surface area contributed by atoms with Crippen LogP contribution in [-0.4, -0.2) is 11.9 Å². The Kier molecular flexibility index (Phi) is 9.11. The summed E-state index contributed by atoms with van der Waals surface area (Å²) in [6, 6.07) is 17.5. The molecule has 0 aliphatic rings. The number of nitrogens with one attached hydrogen (secondary N) is 4. The van der Waals surface area contributed by atoms with Crippen LogP contribution < -0.4 is 16.0 Å². The van der Waals surface area contributed by atoms with Gasteiger partial charge in [-0.2, -0.15) is 0 Å². The first-order chi connectivity index (χ1) is 12.1. The van der Waals surface area contributed by atoms with Gasteiger partial charge in [-0.05, 0) is 60.0 Å². The number of hydrogen-bond acceptors (Lipinski definition) is 3. The van der Waals surface area contributed by atoms with Crippen LogP contribution in [0, 0.1) is 5.41 Å². The number of benzene rings is 2. The number of carbonyl (C=O) groups is 1. The molecule has 5 nitrogen and oxygen atoms in total. The second-order valence-electron chi connectivity index (χ2n) is 5.14. The lowest BCUT2D eigenvalue weighted by atomic mass is 10.2. The van der Waals surface area contributed by atoms with Gasteiger partial charge in [0.1, 0.15) is 5.84 Å². The van der Waals surface area contributed by atoms with E-state index in [-0.39, 0.29) is 30.8 Å². The third-order valence-electron chi connectivity index (χ3n) is 3.28. The predicted molar refractivity (Wildman–Crippen MR) is 120 cm³/mol. The Morgan fingerprint density at radius 2 is 1.30 bits per heavy atom. The number of carbonyl (C=O) groups excluding carboxylic acids is 1. The van der Waals surface area contributed by atoms with Crippen molar-refractivity contribution in [3.05, 3.63) is 75.9 Å². The number of amidine groups is 1. The molecule has 27 heavy (non-hydrogen) atoms. The largest absolute Gasteiger partial charge is 0.340 e. The summed E-state index contributed by atoms with van der Waals surface area (Å²) in [6.45, 7) is 0. The Morgan fingerprint density at radius 3 is 1.78 bits per heavy atom. The number of amides is 2. The fourth-order valence-corrected chi connectivity index (χ4v) is 2.85. The van der Waals surface area contributed by atoms with E-state index in [4.69, 9.17) is 17.0 Å². The Labute approximate surface area is 178 Å². The standard InChI is InChI=1S/C18H15ClN4OS.2ClH/c19-12-3-5-14(6-4-12)22-18(24)23-15-9-7-13(8-10-15)21-17(20)16-2-1-11-25-16;;/h1-11H,(H2,20,21)(H2,22,23,24);2*1H. The van der Waals surface area contributed by atoms with Gasteiger partial charge in [-0.25, -0.2) is 4.79 Å². The van der Waals surface area contributed by atoms with Gasteiger partial charge in [0.15, 0.2) is 0 Å². The molecular weight excluding hydrogens is 427 g/mol. The minimum atomic E-state index is -0.339. The fraction of sp³-hybridized carbons (Fsp3) is 0. The molecule has 0 fully saturated rings. The van der Waals surface area contributed by atoms with Gasteiger partial charge in [-0.15, -0.1) is 36.2 Å². The molecule has 1 aromatic heterocycles. The molecule has 1 heterocycles. The third kappa shape index (κ3) is 6.77. The van der Waals surface area contributed by atoms with Gasteiger partial charge in [0.25, 0.3) is 0 Å². The van der Waals surface area contributed by atoms with Crippen molar-refractivity contribution in [1.29, 1.82) is 5.41 Å². The summed E-state index contributed by atoms with van der Waals surface area (Å²) in [5.41, 5.74) is 2.09. The molecule has 9 heteroatoms. The Hall–Kier alpha value is -2.25. The smallest absolute Gasteiger partial charge is 0.323 e. The lowest BCUT2D eigenvalue weighted by molar-refractivity contribution is 0.262. The van der Waals surface area contributed by atoms with Gasteiger partial charge in [0.05, 0.1) is 4.88 Å². The van der Waals surface area contributed by atoms with Crippen LogP contribution >= 0.6 is 47.8 Å². The zero-order chi connectivity index (χ0) is 17.6. The van der Waals surface area contributed by atoms with Crippen LogP contribution in [0.1, 0.15) is 4.88 Å². The van der Waals surface area contributed by atoms with Crippen molar-refractivity contribution in [2.24, 2.45) is 0 Å². The maximum atomic E-state index is 12.0. The molecule has 0 saturated carbocycles. The molecule has 0 unspecified atom stereocenters. The van der Waals surface area contributed by atoms with Gasteiger partial charge < -0.3 is 16.0 Å². The van der Waals surface area contributed by atoms with Crippen molar-refractivity contribution >= 4 is 76.7 Å². The van der Waals surface area contributed by atoms with Gasteiger partial charge in [0, 0.05) is 22.1 Å². The molecule has 2 amide bonds. The van der Waals surface area contributed by atoms with E-state index < -0.39 is 0 Å². The van der Waals surface area contributed by atoms with Crippen LogP contribution in [0.4, 0.5) is 21.9 Å². The van der Waals surface area contributed by atoms with E-state index in [1.54, 1.807) is 48.5 Å². The second kappa shape index (κ2) is 10.8. The van der Waals surface area contributed by atoms with Crippen molar-refractivity contribution in [2.45, 2.75) is 0 Å². The van der Waals surface area contributed by atoms with E-state index in [0.29, 0.717) is 22.2 Å². The number of halogens is 3. The number of urea groups is 1. The Morgan fingerprint density at radius 1 is 0.815 bits per heavy atom. The number of rotatable bonds is 4. The van der Waals surface area contributed by atoms with Crippen molar-refractivity contribution < 1.29 is 4.79 Å². The highest BCUT2D eigenvalue weighted by atomic mass is 35.5. The Balaban J connectivity index is 0.00000182. The molecule has 3 aromatic rings. The highest BCUT2D eigenvalue weighted by Crippen LogP contribution is 2.17. The van der Waals surface area contributed by atoms with Crippen LogP contribution in [0.15, 0.2) is 66.0 Å². The minimum Gasteiger partial charge on any atom is -0.340 e. The summed E-state index contributed by atoms with van der Waals surface area (Å²) >= 11 is 7.32. The van der Waals surface area contributed by atoms with Crippen molar-refractivity contribution in [1.82, 2.24) is 0 Å². The molecule has 2 aromatic carbocycles. The van der Waals surface area contributed by atoms with Crippen LogP contribution in [0.5, 0.6) is 0 Å². The lowest BCUT2D eigenvalue weighted by Gasteiger charge is -2.10. The van der Waals surface area contributed by atoms with E-state index in [0.717, 1.165) is 10.6 Å². The molecule has 142 valence electrons. The van der Waals surface area contributed by atoms with E-state index >= 15 is 0 Å². The third-order valence-corrected chi connectivity index (χ3v) is 4.42. The lowest BCUT2D eigenvalue weighted by Crippen LogP contribution is -2.19. The van der Waals surface area contributed by atoms with E-state index in [1.807, 2.05) is 17.5 Å². The summed E-state index contributed by atoms with van der Waals surface area (Å²) in [7, 11) is 0. The maximum Gasteiger partial charge on any atom is 0.323 e. The quantitative estimate of drug-likeness (QED) is 0.281. The first-order valence-corrected chi connectivity index (χ1v) is 8.69. The molecule has 0 bridgehead atoms. The molecule has 4 N–H and O–H groups in total. The Bertz CT molecular complexity index is 869. The molecule has 3 rings (SSSR count). The molecule has 0 saturated heterocycles. The normalized spacial score (nSPS) is 9.37. The van der Waals surface area contributed by atoms with Gasteiger partial charge in [-0.1, -0.05) is 17.7 Å². The summed E-state index contributed by atoms with van der Waals surface area (Å²) < 4.78 is 0.